The Hall–Kier alpha value is -1.71. The SMILES string of the molecule is O=CN1CCN2C[C@@](O)(c3ccc(C(F)(F)F)nc3)OC[C@@H]2C1. The van der Waals surface area contributed by atoms with Crippen LogP contribution in [0.2, 0.25) is 0 Å². The van der Waals surface area contributed by atoms with Gasteiger partial charge in [0.25, 0.3) is 0 Å². The third-order valence-electron chi connectivity index (χ3n) is 4.22. The molecule has 2 aliphatic rings. The average Bonchev–Trinajstić information content (AvgIpc) is 2.53. The summed E-state index contributed by atoms with van der Waals surface area (Å²) in [5.74, 6) is -1.70. The van der Waals surface area contributed by atoms with Crippen LogP contribution in [-0.2, 0) is 21.5 Å². The number of aliphatic hydroxyl groups is 1. The number of rotatable bonds is 2. The second-order valence-corrected chi connectivity index (χ2v) is 5.75. The summed E-state index contributed by atoms with van der Waals surface area (Å²) in [6.07, 6.45) is -2.76. The van der Waals surface area contributed by atoms with Gasteiger partial charge in [-0.15, -0.1) is 0 Å². The summed E-state index contributed by atoms with van der Waals surface area (Å²) < 4.78 is 43.1. The molecule has 126 valence electrons. The van der Waals surface area contributed by atoms with Gasteiger partial charge in [-0.1, -0.05) is 0 Å². The van der Waals surface area contributed by atoms with E-state index in [-0.39, 0.29) is 24.8 Å². The Morgan fingerprint density at radius 1 is 1.39 bits per heavy atom. The molecule has 0 unspecified atom stereocenters. The molecule has 0 saturated carbocycles. The monoisotopic (exact) mass is 331 g/mol. The minimum atomic E-state index is -4.52. The van der Waals surface area contributed by atoms with Crippen molar-refractivity contribution in [3.8, 4) is 0 Å². The first-order valence-electron chi connectivity index (χ1n) is 7.15. The Morgan fingerprint density at radius 3 is 2.78 bits per heavy atom. The fourth-order valence-electron chi connectivity index (χ4n) is 2.90. The average molecular weight is 331 g/mol. The first kappa shape index (κ1) is 16.2. The van der Waals surface area contributed by atoms with Gasteiger partial charge in [0.2, 0.25) is 12.2 Å². The van der Waals surface area contributed by atoms with E-state index in [4.69, 9.17) is 4.74 Å². The summed E-state index contributed by atoms with van der Waals surface area (Å²) in [4.78, 5) is 17.8. The molecule has 2 aliphatic heterocycles. The largest absolute Gasteiger partial charge is 0.433 e. The molecule has 0 bridgehead atoms. The molecule has 3 rings (SSSR count). The molecule has 1 aromatic heterocycles. The highest BCUT2D eigenvalue weighted by Crippen LogP contribution is 2.32. The third-order valence-corrected chi connectivity index (χ3v) is 4.22. The van der Waals surface area contributed by atoms with Crippen molar-refractivity contribution in [2.24, 2.45) is 0 Å². The molecule has 3 heterocycles. The predicted octanol–water partition coefficient (Wildman–Crippen LogP) is 0.418. The molecule has 2 atom stereocenters. The van der Waals surface area contributed by atoms with Gasteiger partial charge in [0, 0.05) is 31.4 Å². The lowest BCUT2D eigenvalue weighted by atomic mass is 10.0. The number of ether oxygens (including phenoxy) is 1. The molecule has 2 fully saturated rings. The molecule has 1 N–H and O–H groups in total. The quantitative estimate of drug-likeness (QED) is 0.796. The van der Waals surface area contributed by atoms with Crippen LogP contribution in [0, 0.1) is 0 Å². The van der Waals surface area contributed by atoms with Gasteiger partial charge in [-0.25, -0.2) is 0 Å². The van der Waals surface area contributed by atoms with E-state index >= 15 is 0 Å². The molecule has 0 spiro atoms. The number of hydrogen-bond donors (Lipinski definition) is 1. The van der Waals surface area contributed by atoms with Crippen LogP contribution in [0.15, 0.2) is 18.3 Å². The van der Waals surface area contributed by atoms with Crippen LogP contribution in [0.5, 0.6) is 0 Å². The van der Waals surface area contributed by atoms with Gasteiger partial charge in [-0.2, -0.15) is 13.2 Å². The fraction of sp³-hybridized carbons (Fsp3) is 0.571. The van der Waals surface area contributed by atoms with Gasteiger partial charge < -0.3 is 14.7 Å². The minimum Gasteiger partial charge on any atom is -0.361 e. The highest BCUT2D eigenvalue weighted by molar-refractivity contribution is 5.47. The minimum absolute atomic E-state index is 0.0309. The van der Waals surface area contributed by atoms with Gasteiger partial charge >= 0.3 is 6.18 Å². The Labute approximate surface area is 130 Å². The number of pyridine rings is 1. The zero-order valence-electron chi connectivity index (χ0n) is 12.2. The van der Waals surface area contributed by atoms with E-state index in [0.717, 1.165) is 18.7 Å². The van der Waals surface area contributed by atoms with Gasteiger partial charge in [0.1, 0.15) is 5.69 Å². The van der Waals surface area contributed by atoms with Crippen molar-refractivity contribution < 1.29 is 27.8 Å². The maximum atomic E-state index is 12.6. The predicted molar refractivity (Wildman–Crippen MR) is 72.1 cm³/mol. The number of amides is 1. The number of carbonyl (C=O) groups is 1. The lowest BCUT2D eigenvalue weighted by molar-refractivity contribution is -0.266. The number of nitrogens with zero attached hydrogens (tertiary/aromatic N) is 3. The summed E-state index contributed by atoms with van der Waals surface area (Å²) in [6, 6.07) is 1.97. The Bertz CT molecular complexity index is 581. The maximum Gasteiger partial charge on any atom is 0.433 e. The van der Waals surface area contributed by atoms with Crippen LogP contribution in [0.1, 0.15) is 11.3 Å². The molecule has 0 aromatic carbocycles. The van der Waals surface area contributed by atoms with E-state index in [1.54, 1.807) is 4.90 Å². The van der Waals surface area contributed by atoms with Crippen molar-refractivity contribution in [3.05, 3.63) is 29.6 Å². The zero-order chi connectivity index (χ0) is 16.7. The number of piperazine rings is 1. The van der Waals surface area contributed by atoms with Gasteiger partial charge in [0.05, 0.1) is 19.2 Å². The van der Waals surface area contributed by atoms with E-state index < -0.39 is 17.7 Å². The van der Waals surface area contributed by atoms with Crippen LogP contribution in [-0.4, -0.2) is 65.1 Å². The second kappa shape index (κ2) is 5.73. The summed E-state index contributed by atoms with van der Waals surface area (Å²) >= 11 is 0. The first-order chi connectivity index (χ1) is 10.8. The number of alkyl halides is 3. The zero-order valence-corrected chi connectivity index (χ0v) is 12.2. The van der Waals surface area contributed by atoms with E-state index in [9.17, 15) is 23.1 Å². The van der Waals surface area contributed by atoms with Crippen molar-refractivity contribution in [3.63, 3.8) is 0 Å². The van der Waals surface area contributed by atoms with Crippen molar-refractivity contribution in [1.82, 2.24) is 14.8 Å². The number of halogens is 3. The molecule has 9 heteroatoms. The molecule has 2 saturated heterocycles. The van der Waals surface area contributed by atoms with E-state index in [1.165, 1.54) is 6.07 Å². The van der Waals surface area contributed by atoms with Crippen molar-refractivity contribution in [1.29, 1.82) is 0 Å². The molecule has 1 amide bonds. The van der Waals surface area contributed by atoms with Crippen molar-refractivity contribution in [2.45, 2.75) is 18.0 Å². The molecular formula is C14H16F3N3O3. The standard InChI is InChI=1S/C14H16F3N3O3/c15-14(16,17)12-2-1-10(5-18-12)13(22)8-20-4-3-19(9-21)6-11(20)7-23-13/h1-2,5,9,11,22H,3-4,6-8H2/t11-,13-/m0/s1. The Balaban J connectivity index is 1.74. The molecule has 0 aliphatic carbocycles. The van der Waals surface area contributed by atoms with Gasteiger partial charge in [0.15, 0.2) is 0 Å². The van der Waals surface area contributed by atoms with E-state index in [0.29, 0.717) is 19.6 Å². The first-order valence-corrected chi connectivity index (χ1v) is 7.15. The van der Waals surface area contributed by atoms with E-state index in [2.05, 4.69) is 4.98 Å². The molecule has 0 radical (unpaired) electrons. The normalized spacial score (nSPS) is 29.2. The molecular weight excluding hydrogens is 315 g/mol. The Kier molecular flexibility index (Phi) is 4.03. The highest BCUT2D eigenvalue weighted by Gasteiger charge is 2.43. The molecule has 6 nitrogen and oxygen atoms in total. The second-order valence-electron chi connectivity index (χ2n) is 5.75. The van der Waals surface area contributed by atoms with Gasteiger partial charge in [-0.3, -0.25) is 14.7 Å². The number of aromatic nitrogens is 1. The van der Waals surface area contributed by atoms with Crippen LogP contribution < -0.4 is 0 Å². The Morgan fingerprint density at radius 2 is 2.17 bits per heavy atom. The number of fused-ring (bicyclic) bond motifs is 1. The van der Waals surface area contributed by atoms with Crippen LogP contribution in [0.25, 0.3) is 0 Å². The number of carbonyl (C=O) groups excluding carboxylic acids is 1. The van der Waals surface area contributed by atoms with Crippen molar-refractivity contribution in [2.75, 3.05) is 32.8 Å². The molecule has 23 heavy (non-hydrogen) atoms. The smallest absolute Gasteiger partial charge is 0.361 e. The highest BCUT2D eigenvalue weighted by atomic mass is 19.4. The number of morpholine rings is 1. The van der Waals surface area contributed by atoms with Crippen molar-refractivity contribution >= 4 is 6.41 Å². The summed E-state index contributed by atoms with van der Waals surface area (Å²) in [7, 11) is 0. The third kappa shape index (κ3) is 3.17. The summed E-state index contributed by atoms with van der Waals surface area (Å²) in [6.45, 7) is 1.93. The lowest BCUT2D eigenvalue weighted by Gasteiger charge is -2.48. The van der Waals surface area contributed by atoms with Crippen LogP contribution >= 0.6 is 0 Å². The topological polar surface area (TPSA) is 65.9 Å². The number of hydrogen-bond acceptors (Lipinski definition) is 5. The lowest BCUT2D eigenvalue weighted by Crippen LogP contribution is -2.62. The van der Waals surface area contributed by atoms with Gasteiger partial charge in [-0.05, 0) is 12.1 Å². The summed E-state index contributed by atoms with van der Waals surface area (Å²) in [5, 5.41) is 10.6. The van der Waals surface area contributed by atoms with E-state index in [1.807, 2.05) is 4.90 Å². The van der Waals surface area contributed by atoms with Crippen LogP contribution in [0.3, 0.4) is 0 Å². The summed E-state index contributed by atoms with van der Waals surface area (Å²) in [5.41, 5.74) is -0.833. The maximum absolute atomic E-state index is 12.6. The molecule has 1 aromatic rings. The van der Waals surface area contributed by atoms with Crippen LogP contribution in [0.4, 0.5) is 13.2 Å². The fourth-order valence-corrected chi connectivity index (χ4v) is 2.90.